The molecule has 0 saturated carbocycles. The van der Waals surface area contributed by atoms with Crippen molar-refractivity contribution >= 4 is 11.8 Å². The van der Waals surface area contributed by atoms with Gasteiger partial charge in [-0.1, -0.05) is 57.1 Å². The van der Waals surface area contributed by atoms with Crippen molar-refractivity contribution in [3.8, 4) is 0 Å². The van der Waals surface area contributed by atoms with Crippen LogP contribution in [0.1, 0.15) is 84.5 Å². The average molecular weight is 365 g/mol. The number of rotatable bonds is 15. The van der Waals surface area contributed by atoms with Gasteiger partial charge in [0.25, 0.3) is 0 Å². The Kier molecular flexibility index (Phi) is 11.1. The second-order valence-electron chi connectivity index (χ2n) is 7.36. The largest absolute Gasteiger partial charge is 0.477 e. The molecule has 0 aromatic carbocycles. The van der Waals surface area contributed by atoms with Crippen molar-refractivity contribution in [2.75, 3.05) is 6.54 Å². The first-order valence-corrected chi connectivity index (χ1v) is 10.2. The molecule has 0 fully saturated rings. The second kappa shape index (κ2) is 12.8. The monoisotopic (exact) mass is 364 g/mol. The summed E-state index contributed by atoms with van der Waals surface area (Å²) in [5.41, 5.74) is 6.08. The molecule has 0 bridgehead atoms. The molecule has 2 atom stereocenters. The number of unbranched alkanes of at least 4 members (excludes halogenated alkanes) is 9. The minimum atomic E-state index is -0.840. The summed E-state index contributed by atoms with van der Waals surface area (Å²) in [5.74, 6) is 0.0517. The van der Waals surface area contributed by atoms with Gasteiger partial charge in [-0.2, -0.15) is 0 Å². The lowest BCUT2D eigenvalue weighted by atomic mass is 10.0. The van der Waals surface area contributed by atoms with Gasteiger partial charge in [-0.05, 0) is 26.2 Å². The van der Waals surface area contributed by atoms with Crippen LogP contribution >= 0.6 is 0 Å². The molecular weight excluding hydrogens is 326 g/mol. The number of hydrogen-bond donors (Lipinski definition) is 2. The molecule has 2 unspecified atom stereocenters. The van der Waals surface area contributed by atoms with E-state index in [-0.39, 0.29) is 17.2 Å². The number of quaternary nitrogens is 1. The first-order chi connectivity index (χ1) is 12.5. The Balaban J connectivity index is 2.13. The van der Waals surface area contributed by atoms with Crippen molar-refractivity contribution in [2.45, 2.75) is 90.6 Å². The smallest absolute Gasteiger partial charge is 0.360 e. The fourth-order valence-electron chi connectivity index (χ4n) is 3.54. The summed E-state index contributed by atoms with van der Waals surface area (Å²) >= 11 is 0. The van der Waals surface area contributed by atoms with Crippen molar-refractivity contribution in [1.29, 1.82) is 0 Å². The molecule has 0 aliphatic carbocycles. The van der Waals surface area contributed by atoms with Crippen molar-refractivity contribution in [1.82, 2.24) is 0 Å². The third-order valence-electron chi connectivity index (χ3n) is 5.17. The normalized spacial score (nSPS) is 20.7. The van der Waals surface area contributed by atoms with E-state index in [1.165, 1.54) is 57.8 Å². The Morgan fingerprint density at radius 1 is 1.15 bits per heavy atom. The van der Waals surface area contributed by atoms with Gasteiger partial charge in [0.1, 0.15) is 12.4 Å². The molecule has 26 heavy (non-hydrogen) atoms. The lowest BCUT2D eigenvalue weighted by molar-refractivity contribution is -0.805. The molecule has 1 rings (SSSR count). The van der Waals surface area contributed by atoms with Crippen LogP contribution in [0.15, 0.2) is 29.5 Å². The van der Waals surface area contributed by atoms with E-state index in [0.29, 0.717) is 0 Å². The molecule has 0 saturated heterocycles. The Bertz CT molecular complexity index is 497. The standard InChI is InChI=1S/C21H37N3O2/c1-3-4-5-6-7-8-9-10-11-12-13-14-15-20-23-16-17-24(20,19(2)22)18-21(25)26/h3-4,16-17,19H,5-15,18,22H2,1-2H3/p+1/b4-3+. The lowest BCUT2D eigenvalue weighted by Crippen LogP contribution is -2.59. The molecule has 0 aromatic heterocycles. The molecule has 3 N–H and O–H groups in total. The number of carboxylic acids is 1. The van der Waals surface area contributed by atoms with E-state index in [9.17, 15) is 9.90 Å². The predicted molar refractivity (Wildman–Crippen MR) is 109 cm³/mol. The number of carbonyl (C=O) groups is 1. The minimum Gasteiger partial charge on any atom is -0.477 e. The Hall–Kier alpha value is -1.46. The fraction of sp³-hybridized carbons (Fsp3) is 0.714. The van der Waals surface area contributed by atoms with Crippen LogP contribution in [-0.2, 0) is 4.79 Å². The molecular formula is C21H38N3O2+. The molecule has 1 aliphatic rings. The highest BCUT2D eigenvalue weighted by molar-refractivity contribution is 5.81. The van der Waals surface area contributed by atoms with Gasteiger partial charge in [-0.3, -0.25) is 5.73 Å². The van der Waals surface area contributed by atoms with Crippen LogP contribution in [0.5, 0.6) is 0 Å². The van der Waals surface area contributed by atoms with Gasteiger partial charge < -0.3 is 5.11 Å². The van der Waals surface area contributed by atoms with E-state index in [1.54, 1.807) is 6.20 Å². The highest BCUT2D eigenvalue weighted by atomic mass is 16.4. The van der Waals surface area contributed by atoms with Crippen molar-refractivity contribution in [2.24, 2.45) is 10.7 Å². The number of hydrogen-bond acceptors (Lipinski definition) is 3. The van der Waals surface area contributed by atoms with Crippen LogP contribution in [0, 0.1) is 0 Å². The summed E-state index contributed by atoms with van der Waals surface area (Å²) in [7, 11) is 0. The summed E-state index contributed by atoms with van der Waals surface area (Å²) in [6.45, 7) is 3.91. The Morgan fingerprint density at radius 2 is 1.73 bits per heavy atom. The van der Waals surface area contributed by atoms with Gasteiger partial charge >= 0.3 is 5.97 Å². The Morgan fingerprint density at radius 3 is 2.27 bits per heavy atom. The third-order valence-corrected chi connectivity index (χ3v) is 5.17. The average Bonchev–Trinajstić information content (AvgIpc) is 2.99. The summed E-state index contributed by atoms with van der Waals surface area (Å²) in [6.07, 6.45) is 21.1. The van der Waals surface area contributed by atoms with E-state index < -0.39 is 5.97 Å². The molecule has 5 heteroatoms. The SMILES string of the molecule is C/C=C/CCCCCCCCCCCC1=NC=C[N+]1(CC(=O)O)C(C)N. The van der Waals surface area contributed by atoms with E-state index in [2.05, 4.69) is 24.1 Å². The first kappa shape index (κ1) is 22.6. The maximum atomic E-state index is 11.2. The van der Waals surface area contributed by atoms with Gasteiger partial charge in [0, 0.05) is 13.3 Å². The van der Waals surface area contributed by atoms with Crippen LogP contribution in [0.2, 0.25) is 0 Å². The molecule has 0 amide bonds. The fourth-order valence-corrected chi connectivity index (χ4v) is 3.54. The number of amidine groups is 1. The molecule has 1 aliphatic heterocycles. The van der Waals surface area contributed by atoms with Gasteiger partial charge in [-0.25, -0.2) is 14.3 Å². The number of nitrogens with two attached hydrogens (primary N) is 1. The lowest BCUT2D eigenvalue weighted by Gasteiger charge is -2.34. The van der Waals surface area contributed by atoms with Gasteiger partial charge in [0.05, 0.1) is 6.20 Å². The van der Waals surface area contributed by atoms with Crippen molar-refractivity contribution < 1.29 is 14.4 Å². The summed E-state index contributed by atoms with van der Waals surface area (Å²) in [5, 5.41) is 9.22. The van der Waals surface area contributed by atoms with Crippen LogP contribution in [0.4, 0.5) is 0 Å². The maximum absolute atomic E-state index is 11.2. The first-order valence-electron chi connectivity index (χ1n) is 10.2. The zero-order valence-electron chi connectivity index (χ0n) is 16.7. The summed E-state index contributed by atoms with van der Waals surface area (Å²) in [4.78, 5) is 15.6. The van der Waals surface area contributed by atoms with E-state index in [1.807, 2.05) is 13.1 Å². The molecule has 0 spiro atoms. The summed E-state index contributed by atoms with van der Waals surface area (Å²) in [6, 6.07) is 0. The van der Waals surface area contributed by atoms with Gasteiger partial charge in [0.15, 0.2) is 6.54 Å². The molecule has 148 valence electrons. The quantitative estimate of drug-likeness (QED) is 0.245. The third kappa shape index (κ3) is 7.83. The molecule has 1 heterocycles. The number of carboxylic acid groups (broad SMARTS) is 1. The number of aliphatic carboxylic acids is 1. The van der Waals surface area contributed by atoms with Crippen molar-refractivity contribution in [3.05, 3.63) is 24.6 Å². The van der Waals surface area contributed by atoms with Crippen molar-refractivity contribution in [3.63, 3.8) is 0 Å². The van der Waals surface area contributed by atoms with E-state index in [4.69, 9.17) is 5.73 Å². The topological polar surface area (TPSA) is 75.7 Å². The van der Waals surface area contributed by atoms with Crippen LogP contribution in [-0.4, -0.2) is 34.1 Å². The molecule has 5 nitrogen and oxygen atoms in total. The van der Waals surface area contributed by atoms with Crippen LogP contribution in [0.25, 0.3) is 0 Å². The summed E-state index contributed by atoms with van der Waals surface area (Å²) < 4.78 is 0.169. The molecule has 0 aromatic rings. The highest BCUT2D eigenvalue weighted by Crippen LogP contribution is 2.23. The van der Waals surface area contributed by atoms with Crippen LogP contribution < -0.4 is 5.73 Å². The minimum absolute atomic E-state index is 0.0267. The van der Waals surface area contributed by atoms with E-state index in [0.717, 1.165) is 18.7 Å². The van der Waals surface area contributed by atoms with E-state index >= 15 is 0 Å². The predicted octanol–water partition coefficient (Wildman–Crippen LogP) is 4.94. The second-order valence-corrected chi connectivity index (χ2v) is 7.36. The zero-order chi connectivity index (χ0) is 19.3. The van der Waals surface area contributed by atoms with Crippen LogP contribution in [0.3, 0.4) is 0 Å². The van der Waals surface area contributed by atoms with Gasteiger partial charge in [-0.15, -0.1) is 0 Å². The number of nitrogens with zero attached hydrogens (tertiary/aromatic N) is 2. The van der Waals surface area contributed by atoms with Gasteiger partial charge in [0.2, 0.25) is 5.84 Å². The molecule has 0 radical (unpaired) electrons. The number of aliphatic imine (C=N–C) groups is 1. The Labute approximate surface area is 159 Å². The zero-order valence-corrected chi connectivity index (χ0v) is 16.7. The number of allylic oxidation sites excluding steroid dienone is 2. The highest BCUT2D eigenvalue weighted by Gasteiger charge is 2.40. The maximum Gasteiger partial charge on any atom is 0.360 e.